The Labute approximate surface area is 197 Å². The van der Waals surface area contributed by atoms with E-state index in [0.717, 1.165) is 17.6 Å². The second kappa shape index (κ2) is 9.26. The van der Waals surface area contributed by atoms with Gasteiger partial charge < -0.3 is 15.4 Å². The number of carbonyl (C=O) groups excluding carboxylic acids is 1. The Kier molecular flexibility index (Phi) is 6.58. The minimum absolute atomic E-state index is 0.0632. The van der Waals surface area contributed by atoms with Gasteiger partial charge in [0.25, 0.3) is 5.91 Å². The molecular formula is C23H22BrF3N4O2. The second-order valence-corrected chi connectivity index (χ2v) is 8.99. The molecule has 0 unspecified atom stereocenters. The van der Waals surface area contributed by atoms with Crippen molar-refractivity contribution in [1.82, 2.24) is 14.9 Å². The van der Waals surface area contributed by atoms with E-state index >= 15 is 0 Å². The fourth-order valence-corrected chi connectivity index (χ4v) is 4.33. The molecule has 1 aliphatic rings. The molecule has 6 nitrogen and oxygen atoms in total. The summed E-state index contributed by atoms with van der Waals surface area (Å²) in [5, 5.41) is 0.745. The Hall–Kier alpha value is -2.72. The topological polar surface area (TPSA) is 81.3 Å². The lowest BCUT2D eigenvalue weighted by Crippen LogP contribution is -2.47. The molecule has 10 heteroatoms. The van der Waals surface area contributed by atoms with Crippen LogP contribution in [0.4, 0.5) is 19.0 Å². The van der Waals surface area contributed by atoms with Gasteiger partial charge in [0.05, 0.1) is 34.4 Å². The van der Waals surface area contributed by atoms with E-state index in [4.69, 9.17) is 10.5 Å². The second-order valence-electron chi connectivity index (χ2n) is 8.14. The summed E-state index contributed by atoms with van der Waals surface area (Å²) in [6.45, 7) is 3.10. The first kappa shape index (κ1) is 23.4. The third kappa shape index (κ3) is 5.11. The molecule has 1 amide bonds. The van der Waals surface area contributed by atoms with E-state index in [0.29, 0.717) is 46.7 Å². The van der Waals surface area contributed by atoms with Gasteiger partial charge in [-0.25, -0.2) is 4.98 Å². The van der Waals surface area contributed by atoms with Crippen LogP contribution in [0.2, 0.25) is 0 Å². The lowest BCUT2D eigenvalue weighted by atomic mass is 9.95. The molecule has 174 valence electrons. The summed E-state index contributed by atoms with van der Waals surface area (Å²) in [5.74, 6) is 0.186. The molecular weight excluding hydrogens is 501 g/mol. The minimum Gasteiger partial charge on any atom is -0.383 e. The first-order chi connectivity index (χ1) is 15.6. The van der Waals surface area contributed by atoms with Crippen molar-refractivity contribution in [1.29, 1.82) is 0 Å². The van der Waals surface area contributed by atoms with Crippen LogP contribution in [0.25, 0.3) is 10.9 Å². The highest BCUT2D eigenvalue weighted by molar-refractivity contribution is 9.10. The number of aromatic nitrogens is 2. The standard InChI is InChI=1S/C23H22BrF3N4O2/c1-13-12-33-7-6-20(13)31(11-17-4-3-16(10-29-17)23(25,26)27)22(32)14-2-5-19-15(8-14)9-18(24)21(28)30-19/h2-5,8-10,13,20H,6-7,11-12H2,1H3,(H2,28,30)/t13-,20+/m1/s1. The van der Waals surface area contributed by atoms with Crippen molar-refractivity contribution in [2.75, 3.05) is 18.9 Å². The minimum atomic E-state index is -4.47. The van der Waals surface area contributed by atoms with Crippen LogP contribution in [0.1, 0.15) is 35.0 Å². The number of hydrogen-bond acceptors (Lipinski definition) is 5. The molecule has 1 aliphatic heterocycles. The predicted molar refractivity (Wildman–Crippen MR) is 121 cm³/mol. The van der Waals surface area contributed by atoms with Crippen LogP contribution in [-0.4, -0.2) is 40.0 Å². The van der Waals surface area contributed by atoms with Gasteiger partial charge in [-0.2, -0.15) is 13.2 Å². The summed E-state index contributed by atoms with van der Waals surface area (Å²) in [6, 6.07) is 9.12. The molecule has 33 heavy (non-hydrogen) atoms. The fourth-order valence-electron chi connectivity index (χ4n) is 4.00. The van der Waals surface area contributed by atoms with Gasteiger partial charge in [-0.3, -0.25) is 9.78 Å². The smallest absolute Gasteiger partial charge is 0.383 e. The molecule has 2 aromatic heterocycles. The average molecular weight is 523 g/mol. The Morgan fingerprint density at radius 2 is 2.06 bits per heavy atom. The van der Waals surface area contributed by atoms with Crippen LogP contribution in [-0.2, 0) is 17.5 Å². The Balaban J connectivity index is 1.67. The summed E-state index contributed by atoms with van der Waals surface area (Å²) >= 11 is 3.36. The number of amides is 1. The molecule has 0 aliphatic carbocycles. The van der Waals surface area contributed by atoms with Crippen LogP contribution >= 0.6 is 15.9 Å². The number of pyridine rings is 2. The number of ether oxygens (including phenoxy) is 1. The number of benzene rings is 1. The molecule has 1 saturated heterocycles. The molecule has 2 atom stereocenters. The van der Waals surface area contributed by atoms with Gasteiger partial charge in [-0.05, 0) is 58.7 Å². The number of rotatable bonds is 4. The number of nitrogen functional groups attached to an aromatic ring is 1. The van der Waals surface area contributed by atoms with Gasteiger partial charge >= 0.3 is 6.18 Å². The molecule has 0 bridgehead atoms. The van der Waals surface area contributed by atoms with Crippen molar-refractivity contribution >= 4 is 38.6 Å². The highest BCUT2D eigenvalue weighted by Crippen LogP contribution is 2.30. The zero-order valence-corrected chi connectivity index (χ0v) is 19.4. The van der Waals surface area contributed by atoms with E-state index in [1.807, 2.05) is 6.92 Å². The zero-order valence-electron chi connectivity index (χ0n) is 17.8. The van der Waals surface area contributed by atoms with Crippen LogP contribution in [0.3, 0.4) is 0 Å². The molecule has 4 rings (SSSR count). The van der Waals surface area contributed by atoms with Crippen molar-refractivity contribution in [3.8, 4) is 0 Å². The highest BCUT2D eigenvalue weighted by Gasteiger charge is 2.33. The maximum absolute atomic E-state index is 13.6. The third-order valence-corrected chi connectivity index (χ3v) is 6.42. The molecule has 0 saturated carbocycles. The van der Waals surface area contributed by atoms with Crippen LogP contribution in [0, 0.1) is 5.92 Å². The van der Waals surface area contributed by atoms with Gasteiger partial charge in [0.1, 0.15) is 5.82 Å². The van der Waals surface area contributed by atoms with Crippen molar-refractivity contribution in [3.05, 3.63) is 63.9 Å². The van der Waals surface area contributed by atoms with Gasteiger partial charge in [0, 0.05) is 35.7 Å². The van der Waals surface area contributed by atoms with Gasteiger partial charge in [0.2, 0.25) is 0 Å². The molecule has 1 aromatic carbocycles. The lowest BCUT2D eigenvalue weighted by Gasteiger charge is -2.38. The number of anilines is 1. The predicted octanol–water partition coefficient (Wildman–Crippen LogP) is 5.06. The summed E-state index contributed by atoms with van der Waals surface area (Å²) in [6.07, 6.45) is -3.03. The van der Waals surface area contributed by atoms with E-state index in [-0.39, 0.29) is 24.4 Å². The van der Waals surface area contributed by atoms with Crippen LogP contribution in [0.15, 0.2) is 47.1 Å². The van der Waals surface area contributed by atoms with Crippen molar-refractivity contribution < 1.29 is 22.7 Å². The number of halogens is 4. The highest BCUT2D eigenvalue weighted by atomic mass is 79.9. The number of nitrogens with zero attached hydrogens (tertiary/aromatic N) is 3. The summed E-state index contributed by atoms with van der Waals surface area (Å²) in [4.78, 5) is 23.6. The van der Waals surface area contributed by atoms with E-state index < -0.39 is 11.7 Å². The SMILES string of the molecule is C[C@@H]1COCC[C@@H]1N(Cc1ccc(C(F)(F)F)cn1)C(=O)c1ccc2nc(N)c(Br)cc2c1. The number of hydrogen-bond donors (Lipinski definition) is 1. The summed E-state index contributed by atoms with van der Waals surface area (Å²) in [5.41, 5.74) is 6.51. The number of carbonyl (C=O) groups is 1. The average Bonchev–Trinajstić information content (AvgIpc) is 2.78. The van der Waals surface area contributed by atoms with Crippen molar-refractivity contribution in [3.63, 3.8) is 0 Å². The van der Waals surface area contributed by atoms with E-state index in [1.165, 1.54) is 6.07 Å². The normalized spacial score (nSPS) is 18.9. The third-order valence-electron chi connectivity index (χ3n) is 5.78. The van der Waals surface area contributed by atoms with Gasteiger partial charge in [-0.15, -0.1) is 0 Å². The largest absolute Gasteiger partial charge is 0.417 e. The molecule has 2 N–H and O–H groups in total. The maximum atomic E-state index is 13.6. The molecule has 0 spiro atoms. The number of nitrogens with two attached hydrogens (primary N) is 1. The van der Waals surface area contributed by atoms with Crippen LogP contribution in [0.5, 0.6) is 0 Å². The van der Waals surface area contributed by atoms with Gasteiger partial charge in [0.15, 0.2) is 0 Å². The van der Waals surface area contributed by atoms with Crippen molar-refractivity contribution in [2.24, 2.45) is 5.92 Å². The Morgan fingerprint density at radius 3 is 2.73 bits per heavy atom. The van der Waals surface area contributed by atoms with E-state index in [2.05, 4.69) is 25.9 Å². The maximum Gasteiger partial charge on any atom is 0.417 e. The monoisotopic (exact) mass is 522 g/mol. The zero-order chi connectivity index (χ0) is 23.8. The number of alkyl halides is 3. The molecule has 0 radical (unpaired) electrons. The first-order valence-electron chi connectivity index (χ1n) is 10.4. The summed E-state index contributed by atoms with van der Waals surface area (Å²) in [7, 11) is 0. The molecule has 3 heterocycles. The Bertz CT molecular complexity index is 1170. The molecule has 1 fully saturated rings. The van der Waals surface area contributed by atoms with Gasteiger partial charge in [-0.1, -0.05) is 6.92 Å². The summed E-state index contributed by atoms with van der Waals surface area (Å²) < 4.78 is 44.9. The first-order valence-corrected chi connectivity index (χ1v) is 11.2. The van der Waals surface area contributed by atoms with Crippen molar-refractivity contribution in [2.45, 2.75) is 32.1 Å². The quantitative estimate of drug-likeness (QED) is 0.517. The van der Waals surface area contributed by atoms with Crippen LogP contribution < -0.4 is 5.73 Å². The molecule has 3 aromatic rings. The lowest BCUT2D eigenvalue weighted by molar-refractivity contribution is -0.137. The van der Waals surface area contributed by atoms with E-state index in [9.17, 15) is 18.0 Å². The fraction of sp³-hybridized carbons (Fsp3) is 0.348. The number of fused-ring (bicyclic) bond motifs is 1. The van der Waals surface area contributed by atoms with E-state index in [1.54, 1.807) is 29.2 Å². The Morgan fingerprint density at radius 1 is 1.27 bits per heavy atom.